The molecule has 1 aromatic heterocycles. The zero-order chi connectivity index (χ0) is 14.8. The van der Waals surface area contributed by atoms with Crippen molar-refractivity contribution in [3.8, 4) is 0 Å². The van der Waals surface area contributed by atoms with Crippen LogP contribution in [0, 0.1) is 12.7 Å². The summed E-state index contributed by atoms with van der Waals surface area (Å²) in [5.41, 5.74) is 8.32. The molecule has 0 aliphatic rings. The van der Waals surface area contributed by atoms with E-state index in [0.717, 1.165) is 16.6 Å². The van der Waals surface area contributed by atoms with E-state index in [1.165, 1.54) is 23.5 Å². The van der Waals surface area contributed by atoms with E-state index >= 15 is 0 Å². The predicted molar refractivity (Wildman–Crippen MR) is 75.2 cm³/mol. The number of thiazole rings is 1. The molecule has 8 heteroatoms. The number of aryl methyl sites for hydroxylation is 1. The monoisotopic (exact) mass is 315 g/mol. The van der Waals surface area contributed by atoms with E-state index in [1.807, 2.05) is 0 Å². The number of nitrogens with zero attached hydrogens (tertiary/aromatic N) is 1. The third kappa shape index (κ3) is 3.21. The van der Waals surface area contributed by atoms with E-state index in [-0.39, 0.29) is 18.0 Å². The summed E-state index contributed by atoms with van der Waals surface area (Å²) >= 11 is 1.35. The molecule has 2 rings (SSSR count). The Kier molecular flexibility index (Phi) is 4.48. The van der Waals surface area contributed by atoms with Crippen molar-refractivity contribution in [1.82, 2.24) is 9.71 Å². The zero-order valence-corrected chi connectivity index (χ0v) is 12.4. The molecule has 0 atom stereocenters. The van der Waals surface area contributed by atoms with Gasteiger partial charge in [-0.2, -0.15) is 0 Å². The summed E-state index contributed by atoms with van der Waals surface area (Å²) < 4.78 is 40.3. The molecule has 0 radical (unpaired) electrons. The summed E-state index contributed by atoms with van der Waals surface area (Å²) in [5, 5.41) is 0. The van der Waals surface area contributed by atoms with Gasteiger partial charge in [0.05, 0.1) is 11.2 Å². The van der Waals surface area contributed by atoms with Crippen LogP contribution in [-0.4, -0.2) is 13.4 Å². The average Bonchev–Trinajstić information content (AvgIpc) is 2.81. The van der Waals surface area contributed by atoms with Crippen LogP contribution < -0.4 is 10.5 Å². The summed E-state index contributed by atoms with van der Waals surface area (Å²) in [7, 11) is -3.90. The van der Waals surface area contributed by atoms with Gasteiger partial charge in [-0.25, -0.2) is 22.5 Å². The molecule has 2 aromatic rings. The lowest BCUT2D eigenvalue weighted by atomic mass is 10.2. The largest absolute Gasteiger partial charge is 0.326 e. The lowest BCUT2D eigenvalue weighted by Crippen LogP contribution is -2.24. The maximum Gasteiger partial charge on any atom is 0.243 e. The number of hydrogen-bond donors (Lipinski definition) is 2. The molecule has 0 aliphatic carbocycles. The number of benzene rings is 1. The number of nitrogens with two attached hydrogens (primary N) is 1. The molecule has 0 amide bonds. The van der Waals surface area contributed by atoms with E-state index in [0.29, 0.717) is 5.56 Å². The number of hydrogen-bond acceptors (Lipinski definition) is 5. The summed E-state index contributed by atoms with van der Waals surface area (Å²) in [4.78, 5) is 4.45. The first-order chi connectivity index (χ1) is 9.44. The maximum absolute atomic E-state index is 13.8. The van der Waals surface area contributed by atoms with Gasteiger partial charge in [0.2, 0.25) is 10.0 Å². The van der Waals surface area contributed by atoms with E-state index in [9.17, 15) is 12.8 Å². The van der Waals surface area contributed by atoms with Crippen molar-refractivity contribution < 1.29 is 12.8 Å². The van der Waals surface area contributed by atoms with Crippen molar-refractivity contribution >= 4 is 21.4 Å². The number of aromatic nitrogens is 1. The third-order valence-corrected chi connectivity index (χ3v) is 5.16. The van der Waals surface area contributed by atoms with Gasteiger partial charge in [0.15, 0.2) is 0 Å². The van der Waals surface area contributed by atoms with Crippen molar-refractivity contribution in [3.05, 3.63) is 45.7 Å². The van der Waals surface area contributed by atoms with Gasteiger partial charge in [0.1, 0.15) is 10.7 Å². The fourth-order valence-corrected chi connectivity index (χ4v) is 3.48. The Morgan fingerprint density at radius 1 is 1.45 bits per heavy atom. The maximum atomic E-state index is 13.8. The Balaban J connectivity index is 2.20. The fraction of sp³-hybridized carbons (Fsp3) is 0.250. The van der Waals surface area contributed by atoms with Crippen LogP contribution in [0.3, 0.4) is 0 Å². The summed E-state index contributed by atoms with van der Waals surface area (Å²) in [6.45, 7) is 2.04. The minimum absolute atomic E-state index is 0.0942. The van der Waals surface area contributed by atoms with Gasteiger partial charge in [-0.05, 0) is 24.6 Å². The van der Waals surface area contributed by atoms with Crippen molar-refractivity contribution in [2.45, 2.75) is 24.9 Å². The van der Waals surface area contributed by atoms with Crippen LogP contribution in [0.5, 0.6) is 0 Å². The molecule has 1 aromatic carbocycles. The molecule has 0 unspecified atom stereocenters. The Hall–Kier alpha value is -1.35. The highest BCUT2D eigenvalue weighted by atomic mass is 32.2. The number of nitrogens with one attached hydrogen (secondary N) is 1. The van der Waals surface area contributed by atoms with E-state index < -0.39 is 15.8 Å². The molecular weight excluding hydrogens is 301 g/mol. The molecular formula is C12H14FN3O2S2. The molecule has 108 valence electrons. The van der Waals surface area contributed by atoms with Gasteiger partial charge in [0, 0.05) is 18.0 Å². The quantitative estimate of drug-likeness (QED) is 0.876. The van der Waals surface area contributed by atoms with Crippen LogP contribution in [0.15, 0.2) is 28.6 Å². The Labute approximate surface area is 120 Å². The van der Waals surface area contributed by atoms with Crippen molar-refractivity contribution in [2.24, 2.45) is 5.73 Å². The van der Waals surface area contributed by atoms with E-state index in [4.69, 9.17) is 5.73 Å². The van der Waals surface area contributed by atoms with Crippen LogP contribution in [0.25, 0.3) is 0 Å². The highest BCUT2D eigenvalue weighted by Gasteiger charge is 2.19. The molecule has 0 spiro atoms. The molecule has 0 aliphatic heterocycles. The molecule has 0 saturated carbocycles. The fourth-order valence-electron chi connectivity index (χ4n) is 1.62. The van der Waals surface area contributed by atoms with Crippen LogP contribution in [0.2, 0.25) is 0 Å². The van der Waals surface area contributed by atoms with Gasteiger partial charge in [-0.15, -0.1) is 11.3 Å². The van der Waals surface area contributed by atoms with E-state index in [1.54, 1.807) is 12.4 Å². The molecule has 20 heavy (non-hydrogen) atoms. The first-order valence-corrected chi connectivity index (χ1v) is 8.17. The van der Waals surface area contributed by atoms with Crippen molar-refractivity contribution in [1.29, 1.82) is 0 Å². The number of rotatable bonds is 5. The van der Waals surface area contributed by atoms with Gasteiger partial charge in [-0.1, -0.05) is 6.07 Å². The molecule has 5 nitrogen and oxygen atoms in total. The van der Waals surface area contributed by atoms with Gasteiger partial charge in [0.25, 0.3) is 0 Å². The highest BCUT2D eigenvalue weighted by molar-refractivity contribution is 7.89. The average molecular weight is 315 g/mol. The van der Waals surface area contributed by atoms with Crippen molar-refractivity contribution in [2.75, 3.05) is 0 Å². The highest BCUT2D eigenvalue weighted by Crippen LogP contribution is 2.17. The minimum Gasteiger partial charge on any atom is -0.326 e. The molecule has 0 saturated heterocycles. The van der Waals surface area contributed by atoms with Crippen LogP contribution in [0.4, 0.5) is 4.39 Å². The van der Waals surface area contributed by atoms with Crippen molar-refractivity contribution in [3.63, 3.8) is 0 Å². The first kappa shape index (κ1) is 15.0. The van der Waals surface area contributed by atoms with Crippen LogP contribution in [-0.2, 0) is 23.1 Å². The third-order valence-electron chi connectivity index (χ3n) is 2.79. The van der Waals surface area contributed by atoms with Crippen LogP contribution >= 0.6 is 11.3 Å². The van der Waals surface area contributed by atoms with Gasteiger partial charge in [-0.3, -0.25) is 0 Å². The van der Waals surface area contributed by atoms with Crippen LogP contribution in [0.1, 0.15) is 16.1 Å². The topological polar surface area (TPSA) is 85.1 Å². The van der Waals surface area contributed by atoms with Gasteiger partial charge < -0.3 is 5.73 Å². The zero-order valence-electron chi connectivity index (χ0n) is 10.8. The normalized spacial score (nSPS) is 11.8. The smallest absolute Gasteiger partial charge is 0.243 e. The lowest BCUT2D eigenvalue weighted by molar-refractivity contribution is 0.556. The Morgan fingerprint density at radius 2 is 2.20 bits per heavy atom. The Bertz CT molecular complexity index is 713. The minimum atomic E-state index is -3.90. The van der Waals surface area contributed by atoms with Gasteiger partial charge >= 0.3 is 0 Å². The second-order valence-electron chi connectivity index (χ2n) is 4.15. The molecule has 0 bridgehead atoms. The first-order valence-electron chi connectivity index (χ1n) is 5.81. The summed E-state index contributed by atoms with van der Waals surface area (Å²) in [5.74, 6) is -0.804. The van der Waals surface area contributed by atoms with E-state index in [2.05, 4.69) is 9.71 Å². The number of halogens is 1. The second-order valence-corrected chi connectivity index (χ2v) is 6.83. The molecule has 3 N–H and O–H groups in total. The lowest BCUT2D eigenvalue weighted by Gasteiger charge is -2.08. The number of sulfonamides is 1. The summed E-state index contributed by atoms with van der Waals surface area (Å²) in [6.07, 6.45) is 0. The predicted octanol–water partition coefficient (Wildman–Crippen LogP) is 1.53. The standard InChI is InChI=1S/C12H14FN3O2S2/c1-8-11(19-7-15-8)6-16-20(17,18)12-3-2-9(5-14)4-10(12)13/h2-4,7,16H,5-6,14H2,1H3. The Morgan fingerprint density at radius 3 is 2.75 bits per heavy atom. The SMILES string of the molecule is Cc1ncsc1CNS(=O)(=O)c1ccc(CN)cc1F. The molecule has 0 fully saturated rings. The summed E-state index contributed by atoms with van der Waals surface area (Å²) in [6, 6.07) is 3.85. The second kappa shape index (κ2) is 5.96. The molecule has 1 heterocycles.